The highest BCUT2D eigenvalue weighted by atomic mass is 31.2. The smallest absolute Gasteiger partial charge is 0.463 e. The van der Waals surface area contributed by atoms with Crippen molar-refractivity contribution in [1.29, 1.82) is 0 Å². The molecule has 442 valence electrons. The van der Waals surface area contributed by atoms with Gasteiger partial charge in [-0.3, -0.25) is 32.5 Å². The normalized spacial score (nSPS) is 15.3. The lowest BCUT2D eigenvalue weighted by Crippen LogP contribution is -2.30. The van der Waals surface area contributed by atoms with Gasteiger partial charge in [-0.2, -0.15) is 0 Å². The van der Waals surface area contributed by atoms with E-state index in [1.165, 1.54) is 12.8 Å². The van der Waals surface area contributed by atoms with E-state index in [0.717, 1.165) is 122 Å². The van der Waals surface area contributed by atoms with Gasteiger partial charge in [0.15, 0.2) is 6.10 Å². The van der Waals surface area contributed by atoms with Gasteiger partial charge < -0.3 is 34.2 Å². The highest BCUT2D eigenvalue weighted by Crippen LogP contribution is 2.45. The molecule has 5 unspecified atom stereocenters. The number of aliphatic hydroxyl groups excluding tert-OH is 2. The first kappa shape index (κ1) is 73.5. The number of hydrogen-bond donors (Lipinski definition) is 4. The van der Waals surface area contributed by atoms with Crippen molar-refractivity contribution in [2.45, 2.75) is 219 Å². The SMILES string of the molecule is CC/C=C\C/C=C\C/C=C\C/C=C\C/C=C\CCCC(=O)OCC(O)COP(=O)(O)OCC(O)COP(=O)(O)OCC(COC(=O)CCCCCCC/C=C\C/C=C\CCC)OC(=O)CCCCCCC/C=C\CCCC. The van der Waals surface area contributed by atoms with E-state index in [9.17, 15) is 43.5 Å². The molecule has 18 heteroatoms. The van der Waals surface area contributed by atoms with Crippen molar-refractivity contribution in [3.8, 4) is 0 Å². The topological polar surface area (TPSA) is 231 Å². The molecule has 16 nitrogen and oxygen atoms in total. The first-order valence-corrected chi connectivity index (χ1v) is 31.5. The number of esters is 3. The minimum absolute atomic E-state index is 0.0882. The Hall–Kier alpha value is -3.53. The maximum absolute atomic E-state index is 12.8. The molecule has 0 saturated heterocycles. The third kappa shape index (κ3) is 54.2. The lowest BCUT2D eigenvalue weighted by molar-refractivity contribution is -0.161. The summed E-state index contributed by atoms with van der Waals surface area (Å²) in [5.41, 5.74) is 0. The van der Waals surface area contributed by atoms with Gasteiger partial charge in [0.2, 0.25) is 0 Å². The number of hydrogen-bond acceptors (Lipinski definition) is 14. The quantitative estimate of drug-likeness (QED) is 0.0146. The summed E-state index contributed by atoms with van der Waals surface area (Å²) < 4.78 is 60.4. The van der Waals surface area contributed by atoms with E-state index in [1.807, 2.05) is 12.2 Å². The predicted octanol–water partition coefficient (Wildman–Crippen LogP) is 14.4. The van der Waals surface area contributed by atoms with Crippen LogP contribution in [0.3, 0.4) is 0 Å². The summed E-state index contributed by atoms with van der Waals surface area (Å²) in [4.78, 5) is 57.9. The highest BCUT2D eigenvalue weighted by molar-refractivity contribution is 7.47. The lowest BCUT2D eigenvalue weighted by atomic mass is 10.1. The maximum atomic E-state index is 12.8. The van der Waals surface area contributed by atoms with Gasteiger partial charge in [0, 0.05) is 19.3 Å². The molecule has 0 aliphatic heterocycles. The summed E-state index contributed by atoms with van der Waals surface area (Å²) >= 11 is 0. The predicted molar refractivity (Wildman–Crippen MR) is 307 cm³/mol. The first-order chi connectivity index (χ1) is 37.2. The Morgan fingerprint density at radius 3 is 1.21 bits per heavy atom. The molecule has 0 heterocycles. The van der Waals surface area contributed by atoms with Gasteiger partial charge in [0.05, 0.1) is 26.4 Å². The van der Waals surface area contributed by atoms with E-state index >= 15 is 0 Å². The fraction of sp³-hybridized carbons (Fsp3) is 0.678. The molecule has 0 aromatic rings. The second-order valence-electron chi connectivity index (χ2n) is 18.7. The van der Waals surface area contributed by atoms with Crippen LogP contribution in [0.4, 0.5) is 0 Å². The van der Waals surface area contributed by atoms with Crippen LogP contribution in [0, 0.1) is 0 Å². The molecule has 77 heavy (non-hydrogen) atoms. The molecule has 0 spiro atoms. The average Bonchev–Trinajstić information content (AvgIpc) is 3.40. The zero-order valence-electron chi connectivity index (χ0n) is 47.1. The van der Waals surface area contributed by atoms with Crippen LogP contribution >= 0.6 is 15.6 Å². The lowest BCUT2D eigenvalue weighted by Gasteiger charge is -2.21. The number of phosphoric ester groups is 2. The fourth-order valence-electron chi connectivity index (χ4n) is 6.86. The molecule has 5 atom stereocenters. The van der Waals surface area contributed by atoms with Crippen molar-refractivity contribution >= 4 is 33.6 Å². The van der Waals surface area contributed by atoms with E-state index in [0.29, 0.717) is 25.7 Å². The number of phosphoric acid groups is 2. The molecule has 0 aromatic carbocycles. The minimum Gasteiger partial charge on any atom is -0.463 e. The van der Waals surface area contributed by atoms with Crippen molar-refractivity contribution in [2.75, 3.05) is 39.6 Å². The molecule has 0 aliphatic carbocycles. The van der Waals surface area contributed by atoms with Crippen molar-refractivity contribution in [1.82, 2.24) is 0 Å². The number of aliphatic hydroxyl groups is 2. The third-order valence-corrected chi connectivity index (χ3v) is 13.1. The van der Waals surface area contributed by atoms with E-state index in [2.05, 4.69) is 106 Å². The van der Waals surface area contributed by atoms with E-state index < -0.39 is 91.5 Å². The average molecular weight is 1130 g/mol. The van der Waals surface area contributed by atoms with Crippen molar-refractivity contribution < 1.29 is 75.8 Å². The van der Waals surface area contributed by atoms with Crippen molar-refractivity contribution in [2.24, 2.45) is 0 Å². The van der Waals surface area contributed by atoms with Crippen LogP contribution in [-0.2, 0) is 55.8 Å². The van der Waals surface area contributed by atoms with Gasteiger partial charge in [-0.25, -0.2) is 9.13 Å². The zero-order valence-corrected chi connectivity index (χ0v) is 48.9. The zero-order chi connectivity index (χ0) is 56.8. The standard InChI is InChI=1S/C59H100O16P2/c1-4-7-10-13-16-19-22-24-25-26-27-29-32-33-36-39-42-45-57(62)69-48-54(60)49-71-76(65,66)72-50-55(61)51-73-77(67,68)74-53-56(75-59(64)47-44-41-38-35-30-21-18-15-12-9-6-3)52-70-58(63)46-43-40-37-34-31-28-23-20-17-14-11-8-5-2/h7,10-11,14-16,18-20,23-25,27,29,33,36,54-56,60-61H,4-6,8-9,12-13,17,21-22,26,28,30-32,34-35,37-53H2,1-3H3,(H,65,66)(H,67,68)/b10-7-,14-11-,18-15-,19-16-,23-20-,25-24-,29-27-,36-33-. The number of carbonyl (C=O) groups excluding carboxylic acids is 3. The van der Waals surface area contributed by atoms with Crippen LogP contribution in [0.25, 0.3) is 0 Å². The second-order valence-corrected chi connectivity index (χ2v) is 21.6. The van der Waals surface area contributed by atoms with Gasteiger partial charge >= 0.3 is 33.6 Å². The van der Waals surface area contributed by atoms with Gasteiger partial charge in [0.1, 0.15) is 25.4 Å². The summed E-state index contributed by atoms with van der Waals surface area (Å²) in [6.07, 6.45) is 53.6. The number of carbonyl (C=O) groups is 3. The summed E-state index contributed by atoms with van der Waals surface area (Å²) in [6, 6.07) is 0. The van der Waals surface area contributed by atoms with Gasteiger partial charge in [-0.15, -0.1) is 0 Å². The molecule has 0 aliphatic rings. The number of allylic oxidation sites excluding steroid dienone is 16. The molecule has 0 rings (SSSR count). The van der Waals surface area contributed by atoms with E-state index in [1.54, 1.807) is 0 Å². The molecule has 0 bridgehead atoms. The number of ether oxygens (including phenoxy) is 3. The Morgan fingerprint density at radius 1 is 0.377 bits per heavy atom. The van der Waals surface area contributed by atoms with Gasteiger partial charge in [-0.05, 0) is 103 Å². The maximum Gasteiger partial charge on any atom is 0.472 e. The highest BCUT2D eigenvalue weighted by Gasteiger charge is 2.29. The van der Waals surface area contributed by atoms with E-state index in [-0.39, 0.29) is 19.3 Å². The molecule has 0 saturated carbocycles. The molecule has 0 aromatic heterocycles. The second kappa shape index (κ2) is 53.1. The summed E-state index contributed by atoms with van der Waals surface area (Å²) in [5, 5.41) is 20.4. The van der Waals surface area contributed by atoms with Crippen LogP contribution in [0.5, 0.6) is 0 Å². The number of unbranched alkanes of at least 4 members (excludes halogenated alkanes) is 14. The largest absolute Gasteiger partial charge is 0.472 e. The molecular formula is C59H100O16P2. The Morgan fingerprint density at radius 2 is 0.727 bits per heavy atom. The minimum atomic E-state index is -4.92. The first-order valence-electron chi connectivity index (χ1n) is 28.5. The Labute approximate surface area is 463 Å². The molecule has 4 N–H and O–H groups in total. The monoisotopic (exact) mass is 1130 g/mol. The summed E-state index contributed by atoms with van der Waals surface area (Å²) in [6.45, 7) is 2.30. The van der Waals surface area contributed by atoms with Gasteiger partial charge in [-0.1, -0.05) is 176 Å². The molecule has 0 radical (unpaired) electrons. The third-order valence-electron chi connectivity index (χ3n) is 11.2. The summed E-state index contributed by atoms with van der Waals surface area (Å²) in [7, 11) is -9.77. The number of rotatable bonds is 53. The van der Waals surface area contributed by atoms with Crippen molar-refractivity contribution in [3.63, 3.8) is 0 Å². The van der Waals surface area contributed by atoms with E-state index in [4.69, 9.17) is 32.3 Å². The van der Waals surface area contributed by atoms with Crippen LogP contribution in [-0.4, -0.2) is 95.9 Å². The van der Waals surface area contributed by atoms with Gasteiger partial charge in [0.25, 0.3) is 0 Å². The Balaban J connectivity index is 4.71. The summed E-state index contributed by atoms with van der Waals surface area (Å²) in [5.74, 6) is -1.67. The molecule has 0 fully saturated rings. The van der Waals surface area contributed by atoms with Crippen LogP contribution in [0.15, 0.2) is 97.2 Å². The molecule has 0 amide bonds. The van der Waals surface area contributed by atoms with Crippen LogP contribution in [0.1, 0.15) is 201 Å². The Kier molecular flexibility index (Phi) is 50.7. The Bertz CT molecular complexity index is 1810. The van der Waals surface area contributed by atoms with Crippen LogP contribution in [0.2, 0.25) is 0 Å². The molecular weight excluding hydrogens is 1030 g/mol. The fourth-order valence-corrected chi connectivity index (χ4v) is 8.44. The van der Waals surface area contributed by atoms with Crippen molar-refractivity contribution in [3.05, 3.63) is 97.2 Å². The van der Waals surface area contributed by atoms with Crippen LogP contribution < -0.4 is 0 Å².